The van der Waals surface area contributed by atoms with Crippen LogP contribution in [0.1, 0.15) is 23.2 Å². The Labute approximate surface area is 175 Å². The molecule has 7 nitrogen and oxygen atoms in total. The number of benzene rings is 1. The number of nitrogens with zero attached hydrogens (tertiary/aromatic N) is 3. The first-order valence-corrected chi connectivity index (χ1v) is 9.96. The molecule has 1 aliphatic rings. The largest absolute Gasteiger partial charge is 0.370 e. The third kappa shape index (κ3) is 4.73. The number of aromatic nitrogens is 2. The van der Waals surface area contributed by atoms with Crippen LogP contribution in [0.3, 0.4) is 0 Å². The second-order valence-electron chi connectivity index (χ2n) is 7.07. The van der Waals surface area contributed by atoms with Gasteiger partial charge in [-0.25, -0.2) is 14.8 Å². The van der Waals surface area contributed by atoms with Crippen LogP contribution in [0.5, 0.6) is 0 Å². The van der Waals surface area contributed by atoms with Crippen LogP contribution >= 0.6 is 0 Å². The molecule has 1 aromatic carbocycles. The molecule has 7 heteroatoms. The summed E-state index contributed by atoms with van der Waals surface area (Å²) in [5.74, 6) is 1.41. The molecule has 0 radical (unpaired) electrons. The zero-order valence-corrected chi connectivity index (χ0v) is 16.5. The van der Waals surface area contributed by atoms with Gasteiger partial charge in [0.25, 0.3) is 0 Å². The molecule has 0 saturated heterocycles. The van der Waals surface area contributed by atoms with Crippen molar-refractivity contribution in [2.45, 2.75) is 19.3 Å². The first kappa shape index (κ1) is 19.4. The fourth-order valence-electron chi connectivity index (χ4n) is 3.39. The fraction of sp³-hybridized carbons (Fsp3) is 0.217. The van der Waals surface area contributed by atoms with Crippen molar-refractivity contribution >= 4 is 17.7 Å². The van der Waals surface area contributed by atoms with Crippen molar-refractivity contribution in [2.24, 2.45) is 0 Å². The molecular formula is C23H22N6O. The van der Waals surface area contributed by atoms with Gasteiger partial charge in [-0.2, -0.15) is 5.26 Å². The molecule has 3 heterocycles. The third-order valence-corrected chi connectivity index (χ3v) is 4.90. The Kier molecular flexibility index (Phi) is 5.85. The van der Waals surface area contributed by atoms with Crippen molar-refractivity contribution < 1.29 is 4.79 Å². The molecule has 1 aliphatic heterocycles. The van der Waals surface area contributed by atoms with Gasteiger partial charge in [-0.3, -0.25) is 5.32 Å². The molecule has 0 unspecified atom stereocenters. The van der Waals surface area contributed by atoms with Gasteiger partial charge in [0.05, 0.1) is 17.3 Å². The molecule has 2 aromatic heterocycles. The van der Waals surface area contributed by atoms with Crippen LogP contribution in [-0.2, 0) is 12.8 Å². The maximum absolute atomic E-state index is 12.2. The van der Waals surface area contributed by atoms with E-state index in [0.717, 1.165) is 36.5 Å². The number of fused-ring (bicyclic) bond motifs is 1. The van der Waals surface area contributed by atoms with E-state index in [1.165, 1.54) is 5.56 Å². The molecule has 0 aliphatic carbocycles. The lowest BCUT2D eigenvalue weighted by atomic mass is 10.1. The zero-order chi connectivity index (χ0) is 20.8. The van der Waals surface area contributed by atoms with Gasteiger partial charge < -0.3 is 10.6 Å². The topological polar surface area (TPSA) is 103 Å². The number of carbonyl (C=O) groups excluding carboxylic acids is 1. The Morgan fingerprint density at radius 2 is 2.03 bits per heavy atom. The maximum Gasteiger partial charge on any atom is 0.320 e. The van der Waals surface area contributed by atoms with Gasteiger partial charge in [-0.05, 0) is 48.7 Å². The minimum atomic E-state index is -0.318. The van der Waals surface area contributed by atoms with Crippen molar-refractivity contribution in [3.05, 3.63) is 71.4 Å². The molecule has 0 fully saturated rings. The van der Waals surface area contributed by atoms with Gasteiger partial charge in [0.1, 0.15) is 11.6 Å². The van der Waals surface area contributed by atoms with E-state index in [-0.39, 0.29) is 6.03 Å². The minimum absolute atomic E-state index is 0.318. The highest BCUT2D eigenvalue weighted by Crippen LogP contribution is 2.21. The monoisotopic (exact) mass is 398 g/mol. The average molecular weight is 398 g/mol. The van der Waals surface area contributed by atoms with Crippen LogP contribution in [0, 0.1) is 11.3 Å². The molecular weight excluding hydrogens is 376 g/mol. The summed E-state index contributed by atoms with van der Waals surface area (Å²) in [5, 5.41) is 18.0. The summed E-state index contributed by atoms with van der Waals surface area (Å²) in [7, 11) is 0. The molecule has 0 saturated carbocycles. The number of hydrogen-bond donors (Lipinski definition) is 3. The Morgan fingerprint density at radius 3 is 2.93 bits per heavy atom. The Morgan fingerprint density at radius 1 is 1.13 bits per heavy atom. The molecule has 0 atom stereocenters. The van der Waals surface area contributed by atoms with Crippen molar-refractivity contribution in [1.29, 1.82) is 5.26 Å². The summed E-state index contributed by atoms with van der Waals surface area (Å²) < 4.78 is 0. The summed E-state index contributed by atoms with van der Waals surface area (Å²) in [6.07, 6.45) is 2.84. The molecule has 150 valence electrons. The number of aryl methyl sites for hydroxylation is 1. The smallest absolute Gasteiger partial charge is 0.320 e. The summed E-state index contributed by atoms with van der Waals surface area (Å²) >= 11 is 0. The molecule has 3 N–H and O–H groups in total. The van der Waals surface area contributed by atoms with Gasteiger partial charge in [-0.15, -0.1) is 0 Å². The van der Waals surface area contributed by atoms with E-state index in [2.05, 4.69) is 38.1 Å². The van der Waals surface area contributed by atoms with E-state index >= 15 is 0 Å². The summed E-state index contributed by atoms with van der Waals surface area (Å²) in [6, 6.07) is 18.5. The van der Waals surface area contributed by atoms with Crippen molar-refractivity contribution in [1.82, 2.24) is 15.3 Å². The highest BCUT2D eigenvalue weighted by molar-refractivity contribution is 5.88. The second kappa shape index (κ2) is 9.05. The van der Waals surface area contributed by atoms with Crippen LogP contribution in [0.15, 0.2) is 54.6 Å². The van der Waals surface area contributed by atoms with Gasteiger partial charge in [-0.1, -0.05) is 24.3 Å². The van der Waals surface area contributed by atoms with E-state index in [1.54, 1.807) is 18.2 Å². The number of nitriles is 1. The SMILES string of the molecule is N#Cc1cccc(-c2cccc(NC(=O)NCCc3ccc4c(n3)NCCC4)n2)c1. The lowest BCUT2D eigenvalue weighted by Crippen LogP contribution is -2.31. The maximum atomic E-state index is 12.2. The number of rotatable bonds is 5. The quantitative estimate of drug-likeness (QED) is 0.608. The Bertz CT molecular complexity index is 1100. The van der Waals surface area contributed by atoms with Crippen LogP contribution in [0.2, 0.25) is 0 Å². The standard InChI is InChI=1S/C23H22N6O/c24-15-16-4-1-5-18(14-16)20-7-2-8-21(28-20)29-23(30)26-13-11-19-10-9-17-6-3-12-25-22(17)27-19/h1-2,4-5,7-10,14H,3,6,11-13H2,(H,25,27)(H2,26,28,29,30). The normalized spacial score (nSPS) is 12.2. The third-order valence-electron chi connectivity index (χ3n) is 4.90. The van der Waals surface area contributed by atoms with Crippen LogP contribution in [0.4, 0.5) is 16.4 Å². The number of hydrogen-bond acceptors (Lipinski definition) is 5. The van der Waals surface area contributed by atoms with Crippen LogP contribution < -0.4 is 16.0 Å². The molecule has 0 bridgehead atoms. The predicted molar refractivity (Wildman–Crippen MR) is 116 cm³/mol. The summed E-state index contributed by atoms with van der Waals surface area (Å²) in [5.41, 5.74) is 4.28. The number of anilines is 2. The van der Waals surface area contributed by atoms with Crippen molar-refractivity contribution in [3.63, 3.8) is 0 Å². The highest BCUT2D eigenvalue weighted by atomic mass is 16.2. The molecule has 0 spiro atoms. The fourth-order valence-corrected chi connectivity index (χ4v) is 3.39. The minimum Gasteiger partial charge on any atom is -0.370 e. The number of pyridine rings is 2. The molecule has 3 aromatic rings. The first-order chi connectivity index (χ1) is 14.7. The second-order valence-corrected chi connectivity index (χ2v) is 7.07. The van der Waals surface area contributed by atoms with E-state index in [4.69, 9.17) is 5.26 Å². The highest BCUT2D eigenvalue weighted by Gasteiger charge is 2.11. The van der Waals surface area contributed by atoms with E-state index in [1.807, 2.05) is 30.3 Å². The molecule has 30 heavy (non-hydrogen) atoms. The van der Waals surface area contributed by atoms with Gasteiger partial charge in [0.15, 0.2) is 0 Å². The number of amides is 2. The Balaban J connectivity index is 1.32. The lowest BCUT2D eigenvalue weighted by Gasteiger charge is -2.17. The lowest BCUT2D eigenvalue weighted by molar-refractivity contribution is 0.252. The van der Waals surface area contributed by atoms with E-state index in [9.17, 15) is 4.79 Å². The Hall–Kier alpha value is -3.92. The molecule has 4 rings (SSSR count). The first-order valence-electron chi connectivity index (χ1n) is 9.96. The van der Waals surface area contributed by atoms with Crippen molar-refractivity contribution in [2.75, 3.05) is 23.7 Å². The number of urea groups is 1. The number of nitrogens with one attached hydrogen (secondary N) is 3. The predicted octanol–water partition coefficient (Wildman–Crippen LogP) is 3.74. The molecule has 2 amide bonds. The van der Waals surface area contributed by atoms with Crippen LogP contribution in [-0.4, -0.2) is 29.1 Å². The average Bonchev–Trinajstić information content (AvgIpc) is 2.79. The zero-order valence-electron chi connectivity index (χ0n) is 16.5. The summed E-state index contributed by atoms with van der Waals surface area (Å²) in [4.78, 5) is 21.4. The summed E-state index contributed by atoms with van der Waals surface area (Å²) in [6.45, 7) is 1.43. The van der Waals surface area contributed by atoms with Crippen LogP contribution in [0.25, 0.3) is 11.3 Å². The van der Waals surface area contributed by atoms with Crippen molar-refractivity contribution in [3.8, 4) is 17.3 Å². The van der Waals surface area contributed by atoms with E-state index in [0.29, 0.717) is 30.0 Å². The van der Waals surface area contributed by atoms with Gasteiger partial charge >= 0.3 is 6.03 Å². The van der Waals surface area contributed by atoms with E-state index < -0.39 is 0 Å². The number of carbonyl (C=O) groups is 1. The van der Waals surface area contributed by atoms with Gasteiger partial charge in [0.2, 0.25) is 0 Å². The van der Waals surface area contributed by atoms with Gasteiger partial charge in [0, 0.05) is 30.8 Å².